The molecule has 11 heteroatoms. The van der Waals surface area contributed by atoms with Gasteiger partial charge in [-0.05, 0) is 0 Å². The first-order chi connectivity index (χ1) is 7.14. The van der Waals surface area contributed by atoms with Gasteiger partial charge in [0.2, 0.25) is 0 Å². The average molecular weight is 289 g/mol. The lowest BCUT2D eigenvalue weighted by Gasteiger charge is -2.22. The molecular weight excluding hydrogens is 280 g/mol. The highest BCUT2D eigenvalue weighted by molar-refractivity contribution is 7.57. The van der Waals surface area contributed by atoms with Crippen LogP contribution in [0.15, 0.2) is 11.6 Å². The zero-order valence-electron chi connectivity index (χ0n) is 7.61. The van der Waals surface area contributed by atoms with Gasteiger partial charge in [0.25, 0.3) is 0 Å². The summed E-state index contributed by atoms with van der Waals surface area (Å²) in [5.74, 6) is -2.47. The zero-order valence-corrected chi connectivity index (χ0v) is 10.2. The molecule has 0 fully saturated rings. The SMILES string of the molecule is O=P(O)(O)C(O)C(c1nccs1)P(=O)(O)O. The van der Waals surface area contributed by atoms with E-state index in [0.29, 0.717) is 0 Å². The number of aromatic nitrogens is 1. The van der Waals surface area contributed by atoms with Gasteiger partial charge < -0.3 is 24.7 Å². The summed E-state index contributed by atoms with van der Waals surface area (Å²) in [7, 11) is -9.93. The van der Waals surface area contributed by atoms with Gasteiger partial charge in [0, 0.05) is 11.6 Å². The number of rotatable bonds is 4. The molecule has 0 aliphatic carbocycles. The Morgan fingerprint density at radius 1 is 1.19 bits per heavy atom. The lowest BCUT2D eigenvalue weighted by atomic mass is 10.4. The van der Waals surface area contributed by atoms with Gasteiger partial charge in [-0.3, -0.25) is 9.13 Å². The van der Waals surface area contributed by atoms with E-state index in [1.54, 1.807) is 0 Å². The number of aliphatic hydroxyl groups excluding tert-OH is 1. The summed E-state index contributed by atoms with van der Waals surface area (Å²) in [6.07, 6.45) is 1.22. The molecule has 1 aromatic heterocycles. The van der Waals surface area contributed by atoms with Crippen LogP contribution in [0.2, 0.25) is 0 Å². The summed E-state index contributed by atoms with van der Waals surface area (Å²) in [6.45, 7) is 0. The molecule has 2 atom stereocenters. The van der Waals surface area contributed by atoms with E-state index < -0.39 is 26.7 Å². The van der Waals surface area contributed by atoms with E-state index in [1.807, 2.05) is 0 Å². The maximum atomic E-state index is 11.1. The Balaban J connectivity index is 3.18. The van der Waals surface area contributed by atoms with Crippen molar-refractivity contribution in [3.63, 3.8) is 0 Å². The molecule has 0 saturated heterocycles. The van der Waals surface area contributed by atoms with Gasteiger partial charge in [0.15, 0.2) is 11.5 Å². The van der Waals surface area contributed by atoms with E-state index in [4.69, 9.17) is 19.6 Å². The van der Waals surface area contributed by atoms with Crippen molar-refractivity contribution in [2.75, 3.05) is 0 Å². The normalized spacial score (nSPS) is 17.1. The first kappa shape index (κ1) is 14.0. The average Bonchev–Trinajstić information content (AvgIpc) is 2.52. The Morgan fingerprint density at radius 3 is 2.06 bits per heavy atom. The fraction of sp³-hybridized carbons (Fsp3) is 0.400. The predicted octanol–water partition coefficient (Wildman–Crippen LogP) is -0.142. The molecule has 1 aromatic rings. The largest absolute Gasteiger partial charge is 0.379 e. The molecule has 2 unspecified atom stereocenters. The lowest BCUT2D eigenvalue weighted by Crippen LogP contribution is -2.19. The smallest absolute Gasteiger partial charge is 0.355 e. The standard InChI is InChI=1S/C5H9NO7P2S/c7-5(15(11,12)13)3(14(8,9)10)4-6-1-2-16-4/h1-3,5,7H,(H2,8,9,10)(H2,11,12,13). The first-order valence-corrected chi connectivity index (χ1v) is 8.06. The van der Waals surface area contributed by atoms with Crippen LogP contribution in [0.25, 0.3) is 0 Å². The second-order valence-corrected chi connectivity index (χ2v) is 7.27. The van der Waals surface area contributed by atoms with E-state index in [9.17, 15) is 14.2 Å². The highest BCUT2D eigenvalue weighted by Crippen LogP contribution is 2.61. The highest BCUT2D eigenvalue weighted by Gasteiger charge is 2.46. The van der Waals surface area contributed by atoms with Crippen molar-refractivity contribution in [2.24, 2.45) is 0 Å². The Hall–Kier alpha value is -0.110. The van der Waals surface area contributed by atoms with E-state index in [2.05, 4.69) is 4.98 Å². The van der Waals surface area contributed by atoms with Crippen molar-refractivity contribution < 1.29 is 33.8 Å². The molecule has 5 N–H and O–H groups in total. The van der Waals surface area contributed by atoms with Gasteiger partial charge in [0.1, 0.15) is 5.01 Å². The van der Waals surface area contributed by atoms with E-state index in [-0.39, 0.29) is 5.01 Å². The first-order valence-electron chi connectivity index (χ1n) is 3.82. The monoisotopic (exact) mass is 289 g/mol. The fourth-order valence-electron chi connectivity index (χ4n) is 1.01. The summed E-state index contributed by atoms with van der Waals surface area (Å²) < 4.78 is 21.9. The minimum absolute atomic E-state index is 0.218. The third-order valence-electron chi connectivity index (χ3n) is 1.69. The van der Waals surface area contributed by atoms with E-state index in [0.717, 1.165) is 11.3 Å². The van der Waals surface area contributed by atoms with Crippen LogP contribution >= 0.6 is 26.5 Å². The predicted molar refractivity (Wildman–Crippen MR) is 55.0 cm³/mol. The topological polar surface area (TPSA) is 148 Å². The van der Waals surface area contributed by atoms with Crippen molar-refractivity contribution in [2.45, 2.75) is 11.5 Å². The quantitative estimate of drug-likeness (QED) is 0.481. The Kier molecular flexibility index (Phi) is 4.04. The lowest BCUT2D eigenvalue weighted by molar-refractivity contribution is 0.185. The van der Waals surface area contributed by atoms with Crippen LogP contribution in [0, 0.1) is 0 Å². The van der Waals surface area contributed by atoms with Crippen LogP contribution in [0.5, 0.6) is 0 Å². The molecule has 0 amide bonds. The number of hydrogen-bond acceptors (Lipinski definition) is 5. The van der Waals surface area contributed by atoms with Crippen LogP contribution in [-0.2, 0) is 9.13 Å². The molecule has 0 aliphatic heterocycles. The van der Waals surface area contributed by atoms with Gasteiger partial charge >= 0.3 is 15.2 Å². The van der Waals surface area contributed by atoms with Crippen molar-refractivity contribution in [3.05, 3.63) is 16.6 Å². The molecule has 0 saturated carbocycles. The van der Waals surface area contributed by atoms with Gasteiger partial charge in [-0.15, -0.1) is 11.3 Å². The molecule has 0 bridgehead atoms. The molecule has 0 spiro atoms. The fourth-order valence-corrected chi connectivity index (χ4v) is 4.61. The molecule has 0 aliphatic rings. The zero-order chi connectivity index (χ0) is 12.6. The van der Waals surface area contributed by atoms with Crippen LogP contribution in [-0.4, -0.2) is 35.5 Å². The van der Waals surface area contributed by atoms with Gasteiger partial charge in [-0.25, -0.2) is 4.98 Å². The Morgan fingerprint density at radius 2 is 1.75 bits per heavy atom. The van der Waals surface area contributed by atoms with Gasteiger partial charge in [-0.2, -0.15) is 0 Å². The van der Waals surface area contributed by atoms with Crippen molar-refractivity contribution >= 4 is 26.5 Å². The third-order valence-corrected chi connectivity index (χ3v) is 5.20. The second kappa shape index (κ2) is 4.64. The molecular formula is C5H9NO7P2S. The molecule has 92 valence electrons. The molecule has 16 heavy (non-hydrogen) atoms. The summed E-state index contributed by atoms with van der Waals surface area (Å²) in [5, 5.41) is 10.4. The molecule has 0 radical (unpaired) electrons. The molecule has 1 rings (SSSR count). The summed E-state index contributed by atoms with van der Waals surface area (Å²) in [6, 6.07) is 0. The van der Waals surface area contributed by atoms with E-state index >= 15 is 0 Å². The van der Waals surface area contributed by atoms with Crippen molar-refractivity contribution in [1.29, 1.82) is 0 Å². The minimum atomic E-state index is -5.02. The van der Waals surface area contributed by atoms with Crippen molar-refractivity contribution in [1.82, 2.24) is 4.98 Å². The number of hydrogen-bond donors (Lipinski definition) is 5. The minimum Gasteiger partial charge on any atom is -0.379 e. The second-order valence-electron chi connectivity index (χ2n) is 2.91. The van der Waals surface area contributed by atoms with Crippen LogP contribution in [0.4, 0.5) is 0 Å². The number of aliphatic hydroxyl groups is 1. The van der Waals surface area contributed by atoms with Crippen LogP contribution < -0.4 is 0 Å². The van der Waals surface area contributed by atoms with Crippen LogP contribution in [0.1, 0.15) is 10.7 Å². The third kappa shape index (κ3) is 3.19. The van der Waals surface area contributed by atoms with Gasteiger partial charge in [0.05, 0.1) is 0 Å². The van der Waals surface area contributed by atoms with Crippen LogP contribution in [0.3, 0.4) is 0 Å². The summed E-state index contributed by atoms with van der Waals surface area (Å²) in [4.78, 5) is 38.9. The van der Waals surface area contributed by atoms with E-state index in [1.165, 1.54) is 11.6 Å². The maximum absolute atomic E-state index is 11.1. The summed E-state index contributed by atoms with van der Waals surface area (Å²) >= 11 is 0.796. The highest BCUT2D eigenvalue weighted by atomic mass is 32.1. The summed E-state index contributed by atoms with van der Waals surface area (Å²) in [5.41, 5.74) is -2.01. The Bertz CT molecular complexity index is 436. The molecule has 1 heterocycles. The van der Waals surface area contributed by atoms with Gasteiger partial charge in [-0.1, -0.05) is 0 Å². The Labute approximate surface area is 93.9 Å². The van der Waals surface area contributed by atoms with Crippen molar-refractivity contribution in [3.8, 4) is 0 Å². The molecule has 8 nitrogen and oxygen atoms in total. The number of nitrogens with zero attached hydrogens (tertiary/aromatic N) is 1. The maximum Gasteiger partial charge on any atom is 0.355 e. The number of thiazole rings is 1. The molecule has 0 aromatic carbocycles.